The Morgan fingerprint density at radius 2 is 1.77 bits per heavy atom. The SMILES string of the molecule is c1ccc(OCCN2CCCC3(CCN(Cc4ccccn4)C3)C2)cc1. The fourth-order valence-electron chi connectivity index (χ4n) is 4.53. The Morgan fingerprint density at radius 1 is 0.923 bits per heavy atom. The van der Waals surface area contributed by atoms with Crippen molar-refractivity contribution in [2.45, 2.75) is 25.8 Å². The molecule has 2 fully saturated rings. The van der Waals surface area contributed by atoms with Crippen molar-refractivity contribution in [1.82, 2.24) is 14.8 Å². The van der Waals surface area contributed by atoms with Gasteiger partial charge in [0.05, 0.1) is 5.69 Å². The van der Waals surface area contributed by atoms with Gasteiger partial charge in [-0.05, 0) is 62.0 Å². The summed E-state index contributed by atoms with van der Waals surface area (Å²) in [7, 11) is 0. The molecule has 1 spiro atoms. The zero-order valence-electron chi connectivity index (χ0n) is 15.5. The molecule has 26 heavy (non-hydrogen) atoms. The lowest BCUT2D eigenvalue weighted by molar-refractivity contribution is 0.0803. The van der Waals surface area contributed by atoms with Gasteiger partial charge in [0.2, 0.25) is 0 Å². The molecule has 0 N–H and O–H groups in total. The van der Waals surface area contributed by atoms with Gasteiger partial charge in [-0.25, -0.2) is 0 Å². The Hall–Kier alpha value is -1.91. The van der Waals surface area contributed by atoms with E-state index in [2.05, 4.69) is 26.9 Å². The lowest BCUT2D eigenvalue weighted by atomic mass is 9.79. The average Bonchev–Trinajstić information content (AvgIpc) is 3.05. The molecular formula is C22H29N3O. The highest BCUT2D eigenvalue weighted by Crippen LogP contribution is 2.39. The first-order valence-electron chi connectivity index (χ1n) is 9.84. The van der Waals surface area contributed by atoms with E-state index in [1.807, 2.05) is 42.6 Å². The molecule has 2 aliphatic rings. The Balaban J connectivity index is 1.26. The molecule has 1 aromatic heterocycles. The minimum atomic E-state index is 0.472. The minimum Gasteiger partial charge on any atom is -0.492 e. The highest BCUT2D eigenvalue weighted by atomic mass is 16.5. The summed E-state index contributed by atoms with van der Waals surface area (Å²) in [6.07, 6.45) is 5.89. The maximum atomic E-state index is 5.90. The molecule has 3 heterocycles. The van der Waals surface area contributed by atoms with Crippen molar-refractivity contribution in [3.05, 3.63) is 60.4 Å². The predicted octanol–water partition coefficient (Wildman–Crippen LogP) is 3.45. The molecule has 0 amide bonds. The van der Waals surface area contributed by atoms with Crippen LogP contribution in [0.3, 0.4) is 0 Å². The van der Waals surface area contributed by atoms with E-state index in [-0.39, 0.29) is 0 Å². The maximum absolute atomic E-state index is 5.90. The quantitative estimate of drug-likeness (QED) is 0.797. The number of ether oxygens (including phenoxy) is 1. The summed E-state index contributed by atoms with van der Waals surface area (Å²) in [5.41, 5.74) is 1.66. The third kappa shape index (κ3) is 4.43. The van der Waals surface area contributed by atoms with Gasteiger partial charge in [-0.3, -0.25) is 14.8 Å². The molecule has 1 unspecified atom stereocenters. The van der Waals surface area contributed by atoms with Gasteiger partial charge in [-0.2, -0.15) is 0 Å². The summed E-state index contributed by atoms with van der Waals surface area (Å²) in [5, 5.41) is 0. The lowest BCUT2D eigenvalue weighted by Gasteiger charge is -2.40. The normalized spacial score (nSPS) is 24.2. The lowest BCUT2D eigenvalue weighted by Crippen LogP contribution is -2.46. The van der Waals surface area contributed by atoms with Crippen LogP contribution in [-0.2, 0) is 6.54 Å². The van der Waals surface area contributed by atoms with Crippen molar-refractivity contribution in [2.75, 3.05) is 39.3 Å². The first-order valence-corrected chi connectivity index (χ1v) is 9.84. The summed E-state index contributed by atoms with van der Waals surface area (Å²) in [5.74, 6) is 0.974. The molecule has 2 saturated heterocycles. The summed E-state index contributed by atoms with van der Waals surface area (Å²) in [4.78, 5) is 9.69. The Labute approximate surface area is 156 Å². The van der Waals surface area contributed by atoms with Gasteiger partial charge in [-0.1, -0.05) is 24.3 Å². The molecule has 4 nitrogen and oxygen atoms in total. The van der Waals surface area contributed by atoms with Gasteiger partial charge in [0.25, 0.3) is 0 Å². The molecule has 0 saturated carbocycles. The van der Waals surface area contributed by atoms with Gasteiger partial charge in [-0.15, -0.1) is 0 Å². The third-order valence-corrected chi connectivity index (χ3v) is 5.79. The third-order valence-electron chi connectivity index (χ3n) is 5.79. The standard InChI is InChI=1S/C22H29N3O/c1-2-8-21(9-3-1)26-16-15-24-13-6-10-22(18-24)11-14-25(19-22)17-20-7-4-5-12-23-20/h1-5,7-9,12H,6,10-11,13-19H2. The van der Waals surface area contributed by atoms with Crippen LogP contribution in [0.1, 0.15) is 25.0 Å². The van der Waals surface area contributed by atoms with Gasteiger partial charge >= 0.3 is 0 Å². The van der Waals surface area contributed by atoms with Crippen LogP contribution >= 0.6 is 0 Å². The van der Waals surface area contributed by atoms with Crippen LogP contribution in [0.25, 0.3) is 0 Å². The summed E-state index contributed by atoms with van der Waals surface area (Å²) < 4.78 is 5.90. The first kappa shape index (κ1) is 17.5. The number of pyridine rings is 1. The molecular weight excluding hydrogens is 322 g/mol. The van der Waals surface area contributed by atoms with Crippen molar-refractivity contribution >= 4 is 0 Å². The number of hydrogen-bond acceptors (Lipinski definition) is 4. The van der Waals surface area contributed by atoms with Crippen molar-refractivity contribution < 1.29 is 4.74 Å². The molecule has 0 aliphatic carbocycles. The molecule has 2 aliphatic heterocycles. The predicted molar refractivity (Wildman–Crippen MR) is 104 cm³/mol. The van der Waals surface area contributed by atoms with E-state index in [0.29, 0.717) is 5.41 Å². The number of benzene rings is 1. The second-order valence-corrected chi connectivity index (χ2v) is 7.82. The fourth-order valence-corrected chi connectivity index (χ4v) is 4.53. The van der Waals surface area contributed by atoms with Crippen molar-refractivity contribution in [3.63, 3.8) is 0 Å². The second-order valence-electron chi connectivity index (χ2n) is 7.82. The number of hydrogen-bond donors (Lipinski definition) is 0. The van der Waals surface area contributed by atoms with E-state index in [0.717, 1.165) is 25.4 Å². The summed E-state index contributed by atoms with van der Waals surface area (Å²) in [6.45, 7) is 7.61. The number of likely N-dealkylation sites (tertiary alicyclic amines) is 2. The zero-order valence-corrected chi connectivity index (χ0v) is 15.5. The second kappa shape index (κ2) is 8.19. The summed E-state index contributed by atoms with van der Waals surface area (Å²) in [6, 6.07) is 16.4. The van der Waals surface area contributed by atoms with Crippen molar-refractivity contribution in [2.24, 2.45) is 5.41 Å². The monoisotopic (exact) mass is 351 g/mol. The molecule has 1 atom stereocenters. The first-order chi connectivity index (χ1) is 12.8. The molecule has 1 aromatic carbocycles. The smallest absolute Gasteiger partial charge is 0.119 e. The van der Waals surface area contributed by atoms with Gasteiger partial charge < -0.3 is 4.74 Å². The van der Waals surface area contributed by atoms with Crippen LogP contribution in [0.4, 0.5) is 0 Å². The number of aromatic nitrogens is 1. The van der Waals surface area contributed by atoms with Crippen LogP contribution in [0.2, 0.25) is 0 Å². The Kier molecular flexibility index (Phi) is 5.51. The molecule has 0 radical (unpaired) electrons. The molecule has 138 valence electrons. The van der Waals surface area contributed by atoms with Gasteiger partial charge in [0, 0.05) is 32.4 Å². The van der Waals surface area contributed by atoms with E-state index in [1.54, 1.807) is 0 Å². The van der Waals surface area contributed by atoms with Crippen molar-refractivity contribution in [3.8, 4) is 5.75 Å². The largest absolute Gasteiger partial charge is 0.492 e. The Bertz CT molecular complexity index is 678. The van der Waals surface area contributed by atoms with Crippen LogP contribution in [0.5, 0.6) is 5.75 Å². The van der Waals surface area contributed by atoms with E-state index in [1.165, 1.54) is 51.1 Å². The highest BCUT2D eigenvalue weighted by Gasteiger charge is 2.41. The van der Waals surface area contributed by atoms with Gasteiger partial charge in [0.1, 0.15) is 12.4 Å². The molecule has 0 bridgehead atoms. The van der Waals surface area contributed by atoms with Crippen LogP contribution < -0.4 is 4.74 Å². The average molecular weight is 351 g/mol. The van der Waals surface area contributed by atoms with Crippen LogP contribution in [-0.4, -0.2) is 54.1 Å². The molecule has 4 rings (SSSR count). The number of para-hydroxylation sites is 1. The minimum absolute atomic E-state index is 0.472. The number of piperidine rings is 1. The van der Waals surface area contributed by atoms with E-state index in [9.17, 15) is 0 Å². The Morgan fingerprint density at radius 3 is 2.62 bits per heavy atom. The maximum Gasteiger partial charge on any atom is 0.119 e. The van der Waals surface area contributed by atoms with Crippen LogP contribution in [0.15, 0.2) is 54.7 Å². The summed E-state index contributed by atoms with van der Waals surface area (Å²) >= 11 is 0. The van der Waals surface area contributed by atoms with Gasteiger partial charge in [0.15, 0.2) is 0 Å². The fraction of sp³-hybridized carbons (Fsp3) is 0.500. The number of rotatable bonds is 6. The van der Waals surface area contributed by atoms with E-state index >= 15 is 0 Å². The zero-order chi connectivity index (χ0) is 17.7. The number of nitrogens with zero attached hydrogens (tertiary/aromatic N) is 3. The van der Waals surface area contributed by atoms with Crippen LogP contribution in [0, 0.1) is 5.41 Å². The van der Waals surface area contributed by atoms with E-state index in [4.69, 9.17) is 4.74 Å². The molecule has 2 aromatic rings. The molecule has 4 heteroatoms. The highest BCUT2D eigenvalue weighted by molar-refractivity contribution is 5.20. The van der Waals surface area contributed by atoms with Crippen molar-refractivity contribution in [1.29, 1.82) is 0 Å². The van der Waals surface area contributed by atoms with E-state index < -0.39 is 0 Å². The topological polar surface area (TPSA) is 28.6 Å².